The summed E-state index contributed by atoms with van der Waals surface area (Å²) in [4.78, 5) is 0.499. The number of thiocarbonyl (C=S) groups is 1. The molecule has 0 radical (unpaired) electrons. The molecular formula is C6H15N2OS+. The summed E-state index contributed by atoms with van der Waals surface area (Å²) in [5.74, 6) is 0. The van der Waals surface area contributed by atoms with Gasteiger partial charge in [-0.2, -0.15) is 0 Å². The lowest BCUT2D eigenvalue weighted by Crippen LogP contribution is -2.47. The summed E-state index contributed by atoms with van der Waals surface area (Å²) in [6.07, 6.45) is 0. The van der Waals surface area contributed by atoms with Crippen LogP contribution in [0.4, 0.5) is 0 Å². The van der Waals surface area contributed by atoms with Crippen LogP contribution in [0.5, 0.6) is 0 Å². The molecule has 0 amide bonds. The summed E-state index contributed by atoms with van der Waals surface area (Å²) < 4.78 is 0.659. The normalized spacial score (nSPS) is 11.5. The maximum Gasteiger partial charge on any atom is 0.129 e. The molecule has 0 aliphatic heterocycles. The van der Waals surface area contributed by atoms with Gasteiger partial charge < -0.3 is 15.3 Å². The van der Waals surface area contributed by atoms with E-state index in [1.165, 1.54) is 0 Å². The van der Waals surface area contributed by atoms with Crippen LogP contribution in [0, 0.1) is 0 Å². The fraction of sp³-hybridized carbons (Fsp3) is 0.833. The zero-order chi connectivity index (χ0) is 8.20. The van der Waals surface area contributed by atoms with Crippen LogP contribution in [0.3, 0.4) is 0 Å². The lowest BCUT2D eigenvalue weighted by molar-refractivity contribution is -0.881. The van der Waals surface area contributed by atoms with Crippen LogP contribution in [0.25, 0.3) is 0 Å². The third-order valence-corrected chi connectivity index (χ3v) is 1.42. The SMILES string of the molecule is C[N+](C)(CCO)CC(N)=S. The van der Waals surface area contributed by atoms with E-state index in [2.05, 4.69) is 0 Å². The second-order valence-corrected chi connectivity index (χ2v) is 3.53. The van der Waals surface area contributed by atoms with Crippen molar-refractivity contribution in [2.75, 3.05) is 33.8 Å². The number of likely N-dealkylation sites (N-methyl/N-ethyl adjacent to an activating group) is 1. The second kappa shape index (κ2) is 3.85. The van der Waals surface area contributed by atoms with Crippen molar-refractivity contribution in [1.29, 1.82) is 0 Å². The molecule has 0 heterocycles. The van der Waals surface area contributed by atoms with Crippen LogP contribution in [0.15, 0.2) is 0 Å². The molecule has 0 aliphatic carbocycles. The standard InChI is InChI=1S/C6H14N2OS/c1-8(2,3-4-9)5-6(7)10/h9H,3-5H2,1-2H3,(H-,7,10)/p+1. The Hall–Kier alpha value is -0.190. The molecule has 0 saturated carbocycles. The fourth-order valence-electron chi connectivity index (χ4n) is 0.772. The van der Waals surface area contributed by atoms with E-state index in [0.717, 1.165) is 0 Å². The van der Waals surface area contributed by atoms with Gasteiger partial charge in [-0.05, 0) is 0 Å². The highest BCUT2D eigenvalue weighted by atomic mass is 32.1. The van der Waals surface area contributed by atoms with E-state index < -0.39 is 0 Å². The highest BCUT2D eigenvalue weighted by Crippen LogP contribution is 1.94. The topological polar surface area (TPSA) is 46.2 Å². The van der Waals surface area contributed by atoms with Gasteiger partial charge in [0.15, 0.2) is 0 Å². The van der Waals surface area contributed by atoms with E-state index in [4.69, 9.17) is 23.1 Å². The van der Waals surface area contributed by atoms with Gasteiger partial charge in [-0.25, -0.2) is 0 Å². The Morgan fingerprint density at radius 1 is 1.60 bits per heavy atom. The van der Waals surface area contributed by atoms with Gasteiger partial charge in [-0.1, -0.05) is 12.2 Å². The molecule has 0 unspecified atom stereocenters. The molecular weight excluding hydrogens is 148 g/mol. The van der Waals surface area contributed by atoms with Crippen molar-refractivity contribution >= 4 is 17.2 Å². The minimum Gasteiger partial charge on any atom is -0.391 e. The first kappa shape index (κ1) is 9.81. The predicted molar refractivity (Wildman–Crippen MR) is 45.7 cm³/mol. The molecule has 3 N–H and O–H groups in total. The molecule has 0 bridgehead atoms. The van der Waals surface area contributed by atoms with Crippen LogP contribution >= 0.6 is 12.2 Å². The van der Waals surface area contributed by atoms with Crippen molar-refractivity contribution in [2.24, 2.45) is 5.73 Å². The lowest BCUT2D eigenvalue weighted by atomic mass is 10.4. The van der Waals surface area contributed by atoms with Crippen molar-refractivity contribution in [3.05, 3.63) is 0 Å². The number of quaternary nitrogens is 1. The van der Waals surface area contributed by atoms with E-state index in [-0.39, 0.29) is 6.61 Å². The van der Waals surface area contributed by atoms with Gasteiger partial charge in [-0.3, -0.25) is 0 Å². The van der Waals surface area contributed by atoms with E-state index in [0.29, 0.717) is 22.6 Å². The summed E-state index contributed by atoms with van der Waals surface area (Å²) in [6.45, 7) is 1.52. The molecule has 0 rings (SSSR count). The summed E-state index contributed by atoms with van der Waals surface area (Å²) in [5.41, 5.74) is 5.34. The van der Waals surface area contributed by atoms with Gasteiger partial charge in [0, 0.05) is 0 Å². The maximum absolute atomic E-state index is 8.62. The monoisotopic (exact) mass is 163 g/mol. The number of hydrogen-bond acceptors (Lipinski definition) is 2. The molecule has 0 spiro atoms. The molecule has 0 aromatic carbocycles. The van der Waals surface area contributed by atoms with Crippen molar-refractivity contribution in [3.8, 4) is 0 Å². The summed E-state index contributed by atoms with van der Waals surface area (Å²) >= 11 is 4.74. The number of nitrogens with zero attached hydrogens (tertiary/aromatic N) is 1. The van der Waals surface area contributed by atoms with Gasteiger partial charge in [0.2, 0.25) is 0 Å². The molecule has 3 nitrogen and oxygen atoms in total. The van der Waals surface area contributed by atoms with Crippen LogP contribution in [0.2, 0.25) is 0 Å². The highest BCUT2D eigenvalue weighted by molar-refractivity contribution is 7.80. The molecule has 10 heavy (non-hydrogen) atoms. The Balaban J connectivity index is 3.74. The Bertz CT molecular complexity index is 125. The zero-order valence-corrected chi connectivity index (χ0v) is 7.32. The largest absolute Gasteiger partial charge is 0.391 e. The first-order chi connectivity index (χ1) is 4.48. The molecule has 0 aromatic heterocycles. The number of rotatable bonds is 4. The molecule has 0 aromatic rings. The van der Waals surface area contributed by atoms with Gasteiger partial charge in [0.05, 0.1) is 20.7 Å². The Morgan fingerprint density at radius 2 is 2.10 bits per heavy atom. The van der Waals surface area contributed by atoms with Crippen molar-refractivity contribution in [1.82, 2.24) is 0 Å². The summed E-state index contributed by atoms with van der Waals surface area (Å²) in [5, 5.41) is 8.62. The minimum absolute atomic E-state index is 0.176. The van der Waals surface area contributed by atoms with Gasteiger partial charge >= 0.3 is 0 Å². The number of aliphatic hydroxyl groups is 1. The average molecular weight is 163 g/mol. The van der Waals surface area contributed by atoms with E-state index in [9.17, 15) is 0 Å². The van der Waals surface area contributed by atoms with Crippen LogP contribution in [0.1, 0.15) is 0 Å². The summed E-state index contributed by atoms with van der Waals surface area (Å²) in [6, 6.07) is 0. The zero-order valence-electron chi connectivity index (χ0n) is 6.50. The quantitative estimate of drug-likeness (QED) is 0.427. The van der Waals surface area contributed by atoms with Crippen molar-refractivity contribution in [2.45, 2.75) is 0 Å². The van der Waals surface area contributed by atoms with Crippen molar-refractivity contribution < 1.29 is 9.59 Å². The molecule has 4 heteroatoms. The highest BCUT2D eigenvalue weighted by Gasteiger charge is 2.14. The molecule has 60 valence electrons. The molecule has 0 fully saturated rings. The number of nitrogens with two attached hydrogens (primary N) is 1. The number of hydrogen-bond donors (Lipinski definition) is 2. The van der Waals surface area contributed by atoms with E-state index in [1.54, 1.807) is 0 Å². The minimum atomic E-state index is 0.176. The van der Waals surface area contributed by atoms with Gasteiger partial charge in [0.1, 0.15) is 18.1 Å². The maximum atomic E-state index is 8.62. The Labute approximate surface area is 67.0 Å². The molecule has 0 aliphatic rings. The number of aliphatic hydroxyl groups excluding tert-OH is 1. The van der Waals surface area contributed by atoms with Gasteiger partial charge in [0.25, 0.3) is 0 Å². The van der Waals surface area contributed by atoms with E-state index in [1.807, 2.05) is 14.1 Å². The smallest absolute Gasteiger partial charge is 0.129 e. The second-order valence-electron chi connectivity index (χ2n) is 3.01. The third-order valence-electron chi connectivity index (χ3n) is 1.29. The fourth-order valence-corrected chi connectivity index (χ4v) is 1.12. The predicted octanol–water partition coefficient (Wildman–Crippen LogP) is -0.659. The first-order valence-corrected chi connectivity index (χ1v) is 3.60. The third kappa shape index (κ3) is 4.67. The summed E-state index contributed by atoms with van der Waals surface area (Å²) in [7, 11) is 3.96. The van der Waals surface area contributed by atoms with Crippen LogP contribution in [-0.4, -0.2) is 48.4 Å². The van der Waals surface area contributed by atoms with Crippen LogP contribution in [-0.2, 0) is 0 Å². The molecule has 0 saturated heterocycles. The average Bonchev–Trinajstić information content (AvgIpc) is 1.59. The lowest BCUT2D eigenvalue weighted by Gasteiger charge is -2.27. The molecule has 0 atom stereocenters. The first-order valence-electron chi connectivity index (χ1n) is 3.19. The van der Waals surface area contributed by atoms with E-state index >= 15 is 0 Å². The van der Waals surface area contributed by atoms with Crippen molar-refractivity contribution in [3.63, 3.8) is 0 Å². The van der Waals surface area contributed by atoms with Gasteiger partial charge in [-0.15, -0.1) is 0 Å². The Morgan fingerprint density at radius 3 is 2.40 bits per heavy atom. The Kier molecular flexibility index (Phi) is 3.78. The van der Waals surface area contributed by atoms with Crippen LogP contribution < -0.4 is 5.73 Å².